The van der Waals surface area contributed by atoms with Crippen LogP contribution in [0.25, 0.3) is 11.0 Å². The van der Waals surface area contributed by atoms with E-state index >= 15 is 0 Å². The Labute approximate surface area is 146 Å². The fourth-order valence-electron chi connectivity index (χ4n) is 2.27. The van der Waals surface area contributed by atoms with Crippen LogP contribution in [0.3, 0.4) is 0 Å². The number of nitrogens with two attached hydrogens (primary N) is 1. The van der Waals surface area contributed by atoms with E-state index in [-0.39, 0.29) is 22.8 Å². The summed E-state index contributed by atoms with van der Waals surface area (Å²) in [5, 5.41) is 0.551. The number of alkyl halides is 1. The summed E-state index contributed by atoms with van der Waals surface area (Å²) in [5.74, 6) is -1.17. The molecule has 0 aliphatic carbocycles. The lowest BCUT2D eigenvalue weighted by Crippen LogP contribution is -2.19. The maximum Gasteiger partial charge on any atom is 0.351 e. The summed E-state index contributed by atoms with van der Waals surface area (Å²) in [6, 6.07) is 12.2. The summed E-state index contributed by atoms with van der Waals surface area (Å²) in [4.78, 5) is 35.5. The van der Waals surface area contributed by atoms with Crippen molar-refractivity contribution in [1.29, 1.82) is 0 Å². The van der Waals surface area contributed by atoms with Gasteiger partial charge in [-0.1, -0.05) is 12.1 Å². The number of hydrogen-bond acceptors (Lipinski definition) is 5. The lowest BCUT2D eigenvalue weighted by molar-refractivity contribution is 0.0729. The van der Waals surface area contributed by atoms with E-state index in [2.05, 4.69) is 0 Å². The maximum atomic E-state index is 12.3. The predicted molar refractivity (Wildman–Crippen MR) is 92.0 cm³/mol. The molecule has 25 heavy (non-hydrogen) atoms. The van der Waals surface area contributed by atoms with Gasteiger partial charge in [0.2, 0.25) is 5.91 Å². The summed E-state index contributed by atoms with van der Waals surface area (Å²) < 4.78 is 10.3. The minimum atomic E-state index is -0.895. The average Bonchev–Trinajstić information content (AvgIpc) is 2.60. The molecule has 3 aromatic rings. The van der Waals surface area contributed by atoms with Gasteiger partial charge in [-0.25, -0.2) is 9.59 Å². The molecule has 1 heterocycles. The minimum absolute atomic E-state index is 0.0929. The van der Waals surface area contributed by atoms with E-state index in [0.29, 0.717) is 11.0 Å². The number of hydrogen-bond donors (Lipinski definition) is 1. The van der Waals surface area contributed by atoms with E-state index in [1.807, 2.05) is 0 Å². The molecule has 2 N–H and O–H groups in total. The van der Waals surface area contributed by atoms with Gasteiger partial charge in [0.25, 0.3) is 0 Å². The second kappa shape index (κ2) is 6.78. The summed E-state index contributed by atoms with van der Waals surface area (Å²) in [6.45, 7) is 0. The van der Waals surface area contributed by atoms with Crippen LogP contribution < -0.4 is 16.1 Å². The number of fused-ring (bicyclic) bond motifs is 1. The van der Waals surface area contributed by atoms with Gasteiger partial charge in [0.15, 0.2) is 0 Å². The highest BCUT2D eigenvalue weighted by Crippen LogP contribution is 2.19. The predicted octanol–water partition coefficient (Wildman–Crippen LogP) is 2.85. The lowest BCUT2D eigenvalue weighted by atomic mass is 10.1. The maximum absolute atomic E-state index is 12.3. The number of amides is 1. The Balaban J connectivity index is 1.96. The van der Waals surface area contributed by atoms with Gasteiger partial charge in [0.05, 0.1) is 0 Å². The topological polar surface area (TPSA) is 99.6 Å². The molecular weight excluding hydrogens is 346 g/mol. The zero-order valence-electron chi connectivity index (χ0n) is 12.8. The Morgan fingerprint density at radius 2 is 1.92 bits per heavy atom. The number of primary amides is 1. The van der Waals surface area contributed by atoms with Gasteiger partial charge in [-0.3, -0.25) is 4.79 Å². The Bertz CT molecular complexity index is 1040. The molecule has 126 valence electrons. The molecule has 0 aliphatic rings. The summed E-state index contributed by atoms with van der Waals surface area (Å²) >= 11 is 5.79. The third-order valence-corrected chi connectivity index (χ3v) is 3.81. The largest absolute Gasteiger partial charge is 0.423 e. The summed E-state index contributed by atoms with van der Waals surface area (Å²) in [5.41, 5.74) is 5.44. The molecule has 0 bridgehead atoms. The van der Waals surface area contributed by atoms with E-state index in [9.17, 15) is 14.4 Å². The Morgan fingerprint density at radius 3 is 2.64 bits per heavy atom. The number of carbonyl (C=O) groups excluding carboxylic acids is 2. The molecule has 0 spiro atoms. The van der Waals surface area contributed by atoms with Crippen molar-refractivity contribution in [1.82, 2.24) is 0 Å². The second-order valence-corrected chi connectivity index (χ2v) is 5.50. The van der Waals surface area contributed by atoms with Crippen LogP contribution in [0.5, 0.6) is 5.75 Å². The van der Waals surface area contributed by atoms with Gasteiger partial charge in [0.1, 0.15) is 16.9 Å². The number of benzene rings is 2. The molecule has 6 nitrogen and oxygen atoms in total. The first-order chi connectivity index (χ1) is 12.0. The Kier molecular flexibility index (Phi) is 4.54. The summed E-state index contributed by atoms with van der Waals surface area (Å²) in [6.07, 6.45) is 0. The van der Waals surface area contributed by atoms with E-state index in [1.165, 1.54) is 30.3 Å². The fourth-order valence-corrected chi connectivity index (χ4v) is 2.44. The monoisotopic (exact) mass is 357 g/mol. The van der Waals surface area contributed by atoms with E-state index < -0.39 is 17.5 Å². The highest BCUT2D eigenvalue weighted by molar-refractivity contribution is 6.17. The molecule has 7 heteroatoms. The average molecular weight is 358 g/mol. The first-order valence-electron chi connectivity index (χ1n) is 7.23. The van der Waals surface area contributed by atoms with Crippen LogP contribution in [0.2, 0.25) is 0 Å². The van der Waals surface area contributed by atoms with Crippen molar-refractivity contribution < 1.29 is 18.7 Å². The van der Waals surface area contributed by atoms with Crippen molar-refractivity contribution in [3.05, 3.63) is 75.6 Å². The fraction of sp³-hybridized carbons (Fsp3) is 0.0556. The van der Waals surface area contributed by atoms with E-state index in [4.69, 9.17) is 26.5 Å². The van der Waals surface area contributed by atoms with Crippen LogP contribution in [-0.4, -0.2) is 11.9 Å². The highest BCUT2D eigenvalue weighted by Gasteiger charge is 2.17. The Hall–Kier alpha value is -3.12. The van der Waals surface area contributed by atoms with Crippen LogP contribution in [-0.2, 0) is 5.88 Å². The zero-order chi connectivity index (χ0) is 18.0. The van der Waals surface area contributed by atoms with Crippen molar-refractivity contribution in [3.8, 4) is 5.75 Å². The van der Waals surface area contributed by atoms with Gasteiger partial charge in [-0.15, -0.1) is 11.6 Å². The van der Waals surface area contributed by atoms with Crippen molar-refractivity contribution in [2.45, 2.75) is 5.88 Å². The molecule has 0 atom stereocenters. The van der Waals surface area contributed by atoms with Crippen LogP contribution >= 0.6 is 11.6 Å². The number of carbonyl (C=O) groups is 2. The van der Waals surface area contributed by atoms with E-state index in [1.54, 1.807) is 18.2 Å². The second-order valence-electron chi connectivity index (χ2n) is 5.23. The van der Waals surface area contributed by atoms with Crippen LogP contribution in [0.15, 0.2) is 57.7 Å². The molecule has 0 saturated heterocycles. The van der Waals surface area contributed by atoms with E-state index in [0.717, 1.165) is 5.56 Å². The third kappa shape index (κ3) is 3.54. The number of esters is 1. The van der Waals surface area contributed by atoms with Crippen LogP contribution in [0, 0.1) is 0 Å². The molecule has 2 aromatic carbocycles. The molecule has 0 radical (unpaired) electrons. The Morgan fingerprint density at radius 1 is 1.12 bits per heavy atom. The van der Waals surface area contributed by atoms with Crippen molar-refractivity contribution in [3.63, 3.8) is 0 Å². The van der Waals surface area contributed by atoms with Gasteiger partial charge in [-0.2, -0.15) is 0 Å². The number of halogens is 1. The lowest BCUT2D eigenvalue weighted by Gasteiger charge is -2.06. The molecule has 1 aromatic heterocycles. The number of ether oxygens (including phenoxy) is 1. The molecular formula is C18H12ClNO5. The van der Waals surface area contributed by atoms with Crippen molar-refractivity contribution in [2.75, 3.05) is 0 Å². The normalized spacial score (nSPS) is 10.6. The molecule has 0 fully saturated rings. The molecule has 3 rings (SSSR count). The quantitative estimate of drug-likeness (QED) is 0.335. The third-order valence-electron chi connectivity index (χ3n) is 3.50. The standard InChI is InChI=1S/C18H12ClNO5/c19-9-10-4-5-15-12(6-10)8-14(18(23)25-15)17(22)24-13-3-1-2-11(7-13)16(20)21/h1-8H,9H2,(H2,20,21). The van der Waals surface area contributed by atoms with Gasteiger partial charge < -0.3 is 14.9 Å². The SMILES string of the molecule is NC(=O)c1cccc(OC(=O)c2cc3cc(CCl)ccc3oc2=O)c1. The number of rotatable bonds is 4. The van der Waals surface area contributed by atoms with Gasteiger partial charge >= 0.3 is 11.6 Å². The smallest absolute Gasteiger partial charge is 0.351 e. The van der Waals surface area contributed by atoms with Crippen molar-refractivity contribution >= 4 is 34.4 Å². The highest BCUT2D eigenvalue weighted by atomic mass is 35.5. The van der Waals surface area contributed by atoms with Crippen molar-refractivity contribution in [2.24, 2.45) is 5.73 Å². The molecule has 0 aliphatic heterocycles. The zero-order valence-corrected chi connectivity index (χ0v) is 13.6. The van der Waals surface area contributed by atoms with Gasteiger partial charge in [0, 0.05) is 16.8 Å². The first kappa shape index (κ1) is 16.7. The molecule has 1 amide bonds. The van der Waals surface area contributed by atoms with Crippen LogP contribution in [0.1, 0.15) is 26.3 Å². The van der Waals surface area contributed by atoms with Gasteiger partial charge in [-0.05, 0) is 42.0 Å². The minimum Gasteiger partial charge on any atom is -0.423 e. The summed E-state index contributed by atoms with van der Waals surface area (Å²) in [7, 11) is 0. The van der Waals surface area contributed by atoms with Crippen LogP contribution in [0.4, 0.5) is 0 Å². The molecule has 0 saturated carbocycles. The molecule has 0 unspecified atom stereocenters. The first-order valence-corrected chi connectivity index (χ1v) is 7.76.